The van der Waals surface area contributed by atoms with Crippen LogP contribution < -0.4 is 68.9 Å². The number of ether oxygens (including phenoxy) is 1. The quantitative estimate of drug-likeness (QED) is 0.365. The number of imidazole rings is 1. The Bertz CT molecular complexity index is 980. The van der Waals surface area contributed by atoms with Crippen LogP contribution in [0.3, 0.4) is 0 Å². The Hall–Kier alpha value is 0.0219. The number of aromatic nitrogens is 2. The predicted molar refractivity (Wildman–Crippen MR) is 109 cm³/mol. The van der Waals surface area contributed by atoms with Crippen LogP contribution in [-0.2, 0) is 18.3 Å². The number of benzene rings is 2. The summed E-state index contributed by atoms with van der Waals surface area (Å²) in [5.41, 5.74) is -0.320. The normalized spacial score (nSPS) is 17.4. The number of aryl methyl sites for hydroxylation is 1. The van der Waals surface area contributed by atoms with E-state index in [2.05, 4.69) is 16.0 Å². The van der Waals surface area contributed by atoms with Gasteiger partial charge in [-0.3, -0.25) is 4.90 Å². The number of fused-ring (bicyclic) bond motifs is 1. The largest absolute Gasteiger partial charge is 1.00 e. The molecule has 1 saturated heterocycles. The van der Waals surface area contributed by atoms with Crippen LogP contribution in [0.25, 0.3) is 11.0 Å². The van der Waals surface area contributed by atoms with Crippen LogP contribution in [0.15, 0.2) is 53.7 Å². The summed E-state index contributed by atoms with van der Waals surface area (Å²) in [6.07, 6.45) is 1.72. The molecule has 2 heterocycles. The molecule has 3 aromatic rings. The molecule has 9 heteroatoms. The average Bonchev–Trinajstić information content (AvgIpc) is 3.01. The molecule has 0 spiro atoms. The Balaban J connectivity index is 0.00000160. The molecule has 1 aliphatic rings. The van der Waals surface area contributed by atoms with E-state index < -0.39 is 5.51 Å². The number of hydrogen-bond donors (Lipinski definition) is 0. The Kier molecular flexibility index (Phi) is 9.85. The Morgan fingerprint density at radius 3 is 2.77 bits per heavy atom. The fourth-order valence-electron chi connectivity index (χ4n) is 3.49. The van der Waals surface area contributed by atoms with E-state index in [-0.39, 0.29) is 99.1 Å². The summed E-state index contributed by atoms with van der Waals surface area (Å²) in [6.45, 7) is 2.63. The van der Waals surface area contributed by atoms with Gasteiger partial charge in [0.05, 0.1) is 30.1 Å². The van der Waals surface area contributed by atoms with Gasteiger partial charge >= 0.3 is 74.4 Å². The monoisotopic (exact) mass is 555 g/mol. The number of halogens is 3. The van der Waals surface area contributed by atoms with Crippen molar-refractivity contribution in [1.29, 1.82) is 0 Å². The van der Waals surface area contributed by atoms with Crippen molar-refractivity contribution in [2.45, 2.75) is 23.1 Å². The van der Waals surface area contributed by atoms with Gasteiger partial charge in [0.25, 0.3) is 0 Å². The first-order chi connectivity index (χ1) is 13.4. The van der Waals surface area contributed by atoms with E-state index >= 15 is 0 Å². The molecule has 1 fully saturated rings. The van der Waals surface area contributed by atoms with Crippen LogP contribution in [0.1, 0.15) is 17.2 Å². The van der Waals surface area contributed by atoms with E-state index in [1.54, 1.807) is 18.5 Å². The molecule has 0 amide bonds. The fourth-order valence-corrected chi connectivity index (χ4v) is 4.11. The Morgan fingerprint density at radius 1 is 1.20 bits per heavy atom. The van der Waals surface area contributed by atoms with Gasteiger partial charge in [-0.25, -0.2) is 4.98 Å². The van der Waals surface area contributed by atoms with Gasteiger partial charge < -0.3 is 16.7 Å². The minimum atomic E-state index is -4.27. The zero-order valence-electron chi connectivity index (χ0n) is 17.3. The SMILES string of the molecule is Cn1cnc2ccc(C3CN(Cc4cccc(SC(F)(F)F)c4)CCO3)cc21.[CH3-].[Cs+]. The summed E-state index contributed by atoms with van der Waals surface area (Å²) >= 11 is -0.0738. The van der Waals surface area contributed by atoms with Gasteiger partial charge in [0, 0.05) is 31.6 Å². The molecule has 4 rings (SSSR count). The molecule has 0 saturated carbocycles. The molecule has 1 unspecified atom stereocenters. The number of nitrogens with zero attached hydrogens (tertiary/aromatic N) is 3. The van der Waals surface area contributed by atoms with Crippen molar-refractivity contribution in [2.75, 3.05) is 19.7 Å². The van der Waals surface area contributed by atoms with E-state index in [0.717, 1.165) is 28.7 Å². The molecule has 1 aromatic heterocycles. The Morgan fingerprint density at radius 2 is 2.00 bits per heavy atom. The summed E-state index contributed by atoms with van der Waals surface area (Å²) < 4.78 is 45.8. The van der Waals surface area contributed by atoms with Gasteiger partial charge in [-0.2, -0.15) is 13.2 Å². The maximum absolute atomic E-state index is 12.6. The molecule has 0 aliphatic carbocycles. The van der Waals surface area contributed by atoms with Crippen LogP contribution in [-0.4, -0.2) is 39.7 Å². The summed E-state index contributed by atoms with van der Waals surface area (Å²) in [7, 11) is 1.96. The van der Waals surface area contributed by atoms with Gasteiger partial charge in [0.1, 0.15) is 0 Å². The third-order valence-corrected chi connectivity index (χ3v) is 5.53. The van der Waals surface area contributed by atoms with Crippen molar-refractivity contribution < 1.29 is 86.8 Å². The van der Waals surface area contributed by atoms with Crippen molar-refractivity contribution in [3.8, 4) is 0 Å². The summed E-state index contributed by atoms with van der Waals surface area (Å²) in [5, 5.41) is 0. The number of rotatable bonds is 4. The first kappa shape index (κ1) is 26.3. The summed E-state index contributed by atoms with van der Waals surface area (Å²) in [4.78, 5) is 6.78. The average molecular weight is 555 g/mol. The van der Waals surface area contributed by atoms with Crippen molar-refractivity contribution in [3.05, 3.63) is 67.3 Å². The summed E-state index contributed by atoms with van der Waals surface area (Å²) in [5.74, 6) is 0. The van der Waals surface area contributed by atoms with E-state index in [1.807, 2.05) is 29.8 Å². The second kappa shape index (κ2) is 11.2. The standard InChI is InChI=1S/C20H20F3N3OS.CH3.Cs/c1-25-13-24-17-6-5-15(10-18(17)25)19-12-26(7-8-27-19)11-14-3-2-4-16(9-14)28-20(21,22)23;;/h2-6,9-10,13,19H,7-8,11-12H2,1H3;1H3;/q;-1;+1. The molecule has 30 heavy (non-hydrogen) atoms. The van der Waals surface area contributed by atoms with Crippen molar-refractivity contribution in [2.24, 2.45) is 7.05 Å². The van der Waals surface area contributed by atoms with E-state index in [0.29, 0.717) is 19.7 Å². The zero-order valence-corrected chi connectivity index (χ0v) is 24.4. The number of thioether (sulfide) groups is 1. The molecule has 0 radical (unpaired) electrons. The molecule has 1 aliphatic heterocycles. The maximum Gasteiger partial charge on any atom is 1.00 e. The minimum absolute atomic E-state index is 0. The molecule has 1 atom stereocenters. The third kappa shape index (κ3) is 6.76. The second-order valence-corrected chi connectivity index (χ2v) is 8.03. The first-order valence-corrected chi connectivity index (χ1v) is 9.79. The van der Waals surface area contributed by atoms with Gasteiger partial charge in [0.2, 0.25) is 0 Å². The van der Waals surface area contributed by atoms with Crippen LogP contribution in [0.5, 0.6) is 0 Å². The fraction of sp³-hybridized carbons (Fsp3) is 0.333. The van der Waals surface area contributed by atoms with Crippen LogP contribution >= 0.6 is 11.8 Å². The van der Waals surface area contributed by atoms with Gasteiger partial charge in [-0.05, 0) is 47.2 Å². The molecule has 0 bridgehead atoms. The van der Waals surface area contributed by atoms with E-state index in [1.165, 1.54) is 6.07 Å². The number of alkyl halides is 3. The van der Waals surface area contributed by atoms with Crippen molar-refractivity contribution in [3.63, 3.8) is 0 Å². The van der Waals surface area contributed by atoms with Crippen molar-refractivity contribution >= 4 is 22.8 Å². The van der Waals surface area contributed by atoms with Crippen LogP contribution in [0.4, 0.5) is 13.2 Å². The van der Waals surface area contributed by atoms with Gasteiger partial charge in [-0.1, -0.05) is 18.2 Å². The van der Waals surface area contributed by atoms with Gasteiger partial charge in [-0.15, -0.1) is 0 Å². The van der Waals surface area contributed by atoms with Crippen LogP contribution in [0.2, 0.25) is 0 Å². The molecular formula is C21H23CsF3N3OS. The molecule has 4 nitrogen and oxygen atoms in total. The first-order valence-electron chi connectivity index (χ1n) is 8.97. The molecule has 156 valence electrons. The van der Waals surface area contributed by atoms with E-state index in [9.17, 15) is 13.2 Å². The zero-order chi connectivity index (χ0) is 19.7. The van der Waals surface area contributed by atoms with E-state index in [4.69, 9.17) is 4.74 Å². The minimum Gasteiger partial charge on any atom is -0.371 e. The number of hydrogen-bond acceptors (Lipinski definition) is 4. The summed E-state index contributed by atoms with van der Waals surface area (Å²) in [6, 6.07) is 12.8. The molecule has 2 aromatic carbocycles. The molecule has 0 N–H and O–H groups in total. The number of morpholine rings is 1. The maximum atomic E-state index is 12.6. The topological polar surface area (TPSA) is 30.3 Å². The van der Waals surface area contributed by atoms with Crippen LogP contribution in [0, 0.1) is 7.43 Å². The Labute approximate surface area is 238 Å². The predicted octanol–water partition coefficient (Wildman–Crippen LogP) is 2.21. The van der Waals surface area contributed by atoms with Crippen molar-refractivity contribution in [1.82, 2.24) is 14.5 Å². The second-order valence-electron chi connectivity index (χ2n) is 6.89. The smallest absolute Gasteiger partial charge is 0.371 e. The van der Waals surface area contributed by atoms with Gasteiger partial charge in [0.15, 0.2) is 0 Å². The molecular weight excluding hydrogens is 532 g/mol. The third-order valence-electron chi connectivity index (χ3n) is 4.81.